The number of fused-ring (bicyclic) bond motifs is 1. The summed E-state index contributed by atoms with van der Waals surface area (Å²) in [6.45, 7) is 1.26. The van der Waals surface area contributed by atoms with Gasteiger partial charge in [0.1, 0.15) is 9.96 Å². The monoisotopic (exact) mass is 409 g/mol. The number of ether oxygens (including phenoxy) is 3. The van der Waals surface area contributed by atoms with E-state index in [0.717, 1.165) is 30.6 Å². The zero-order valence-corrected chi connectivity index (χ0v) is 16.2. The molecule has 27 heavy (non-hydrogen) atoms. The zero-order valence-electron chi connectivity index (χ0n) is 14.5. The van der Waals surface area contributed by atoms with E-state index in [1.54, 1.807) is 30.3 Å². The van der Waals surface area contributed by atoms with Crippen molar-refractivity contribution >= 4 is 27.3 Å². The Morgan fingerprint density at radius 2 is 1.85 bits per heavy atom. The van der Waals surface area contributed by atoms with Crippen molar-refractivity contribution in [3.8, 4) is 17.2 Å². The minimum Gasteiger partial charge on any atom is -0.454 e. The van der Waals surface area contributed by atoms with Gasteiger partial charge in [-0.3, -0.25) is 4.79 Å². The van der Waals surface area contributed by atoms with E-state index in [0.29, 0.717) is 35.2 Å². The van der Waals surface area contributed by atoms with Gasteiger partial charge in [0, 0.05) is 24.0 Å². The van der Waals surface area contributed by atoms with Crippen LogP contribution in [0.3, 0.4) is 0 Å². The molecule has 0 unspecified atom stereocenters. The first kappa shape index (κ1) is 18.3. The van der Waals surface area contributed by atoms with E-state index in [4.69, 9.17) is 14.2 Å². The summed E-state index contributed by atoms with van der Waals surface area (Å²) in [7, 11) is -3.47. The molecule has 7 nitrogen and oxygen atoms in total. The van der Waals surface area contributed by atoms with Crippen LogP contribution in [0.15, 0.2) is 34.5 Å². The Morgan fingerprint density at radius 3 is 2.67 bits per heavy atom. The molecule has 1 aromatic carbocycles. The molecule has 1 fully saturated rings. The van der Waals surface area contributed by atoms with Crippen molar-refractivity contribution < 1.29 is 27.4 Å². The average molecular weight is 409 g/mol. The normalized spacial score (nSPS) is 17.0. The minimum absolute atomic E-state index is 0.00856. The van der Waals surface area contributed by atoms with Crippen molar-refractivity contribution in [3.63, 3.8) is 0 Å². The summed E-state index contributed by atoms with van der Waals surface area (Å²) in [6.07, 6.45) is 2.85. The molecule has 0 amide bonds. The van der Waals surface area contributed by atoms with E-state index < -0.39 is 16.0 Å². The van der Waals surface area contributed by atoms with Crippen LogP contribution in [-0.2, 0) is 21.2 Å². The first-order valence-corrected chi connectivity index (χ1v) is 11.0. The maximum absolute atomic E-state index is 12.7. The fourth-order valence-electron chi connectivity index (χ4n) is 3.07. The molecule has 144 valence electrons. The van der Waals surface area contributed by atoms with Crippen molar-refractivity contribution in [2.45, 2.75) is 29.9 Å². The number of rotatable bonds is 5. The molecule has 0 spiro atoms. The summed E-state index contributed by atoms with van der Waals surface area (Å²) < 4.78 is 43.0. The molecule has 4 rings (SSSR count). The van der Waals surface area contributed by atoms with E-state index in [1.807, 2.05) is 0 Å². The summed E-state index contributed by atoms with van der Waals surface area (Å²) in [6, 6.07) is 8.15. The molecule has 9 heteroatoms. The van der Waals surface area contributed by atoms with Gasteiger partial charge in [-0.1, -0.05) is 6.42 Å². The van der Waals surface area contributed by atoms with Crippen molar-refractivity contribution in [3.05, 3.63) is 35.2 Å². The van der Waals surface area contributed by atoms with Crippen LogP contribution in [0.1, 0.15) is 24.1 Å². The van der Waals surface area contributed by atoms with Crippen LogP contribution < -0.4 is 14.2 Å². The molecule has 1 aromatic heterocycles. The first-order chi connectivity index (χ1) is 13.0. The van der Waals surface area contributed by atoms with E-state index in [-0.39, 0.29) is 17.4 Å². The maximum Gasteiger partial charge on any atom is 0.316 e. The highest BCUT2D eigenvalue weighted by atomic mass is 32.2. The number of benzene rings is 1. The number of sulfonamides is 1. The minimum atomic E-state index is -3.47. The molecular weight excluding hydrogens is 390 g/mol. The first-order valence-electron chi connectivity index (χ1n) is 8.71. The third kappa shape index (κ3) is 3.95. The van der Waals surface area contributed by atoms with Crippen LogP contribution in [0.4, 0.5) is 0 Å². The van der Waals surface area contributed by atoms with Gasteiger partial charge in [0.25, 0.3) is 10.0 Å². The summed E-state index contributed by atoms with van der Waals surface area (Å²) in [4.78, 5) is 12.8. The molecule has 2 aliphatic heterocycles. The third-order valence-electron chi connectivity index (χ3n) is 4.44. The van der Waals surface area contributed by atoms with Crippen molar-refractivity contribution in [1.29, 1.82) is 0 Å². The topological polar surface area (TPSA) is 82.1 Å². The number of piperidine rings is 1. The van der Waals surface area contributed by atoms with Gasteiger partial charge in [-0.2, -0.15) is 4.31 Å². The molecule has 0 aliphatic carbocycles. The zero-order chi connectivity index (χ0) is 18.9. The van der Waals surface area contributed by atoms with E-state index in [1.165, 1.54) is 4.31 Å². The highest BCUT2D eigenvalue weighted by Crippen LogP contribution is 2.35. The molecule has 0 radical (unpaired) electrons. The number of hydrogen-bond donors (Lipinski definition) is 0. The quantitative estimate of drug-likeness (QED) is 0.558. The predicted octanol–water partition coefficient (Wildman–Crippen LogP) is 2.80. The van der Waals surface area contributed by atoms with Crippen LogP contribution in [0.25, 0.3) is 0 Å². The molecule has 3 heterocycles. The largest absolute Gasteiger partial charge is 0.454 e. The highest BCUT2D eigenvalue weighted by Gasteiger charge is 2.27. The number of esters is 1. The summed E-state index contributed by atoms with van der Waals surface area (Å²) in [5, 5.41) is 0. The van der Waals surface area contributed by atoms with Crippen LogP contribution >= 0.6 is 11.3 Å². The van der Waals surface area contributed by atoms with E-state index in [9.17, 15) is 13.2 Å². The summed E-state index contributed by atoms with van der Waals surface area (Å²) >= 11 is 1.12. The van der Waals surface area contributed by atoms with Gasteiger partial charge < -0.3 is 14.2 Å². The van der Waals surface area contributed by atoms with Gasteiger partial charge in [0.2, 0.25) is 6.79 Å². The predicted molar refractivity (Wildman–Crippen MR) is 98.8 cm³/mol. The Kier molecular flexibility index (Phi) is 5.07. The Bertz CT molecular complexity index is 947. The third-order valence-corrected chi connectivity index (χ3v) is 7.89. The number of carbonyl (C=O) groups is 1. The van der Waals surface area contributed by atoms with Crippen LogP contribution in [-0.4, -0.2) is 38.6 Å². The smallest absolute Gasteiger partial charge is 0.316 e. The fourth-order valence-corrected chi connectivity index (χ4v) is 6.09. The summed E-state index contributed by atoms with van der Waals surface area (Å²) in [5.41, 5.74) is 0. The molecule has 2 aliphatic rings. The Hall–Kier alpha value is -2.10. The van der Waals surface area contributed by atoms with Gasteiger partial charge in [-0.05, 0) is 37.1 Å². The van der Waals surface area contributed by atoms with E-state index in [2.05, 4.69) is 0 Å². The van der Waals surface area contributed by atoms with Crippen molar-refractivity contribution in [2.75, 3.05) is 19.9 Å². The second-order valence-electron chi connectivity index (χ2n) is 6.35. The van der Waals surface area contributed by atoms with E-state index >= 15 is 0 Å². The Morgan fingerprint density at radius 1 is 1.07 bits per heavy atom. The van der Waals surface area contributed by atoms with Gasteiger partial charge >= 0.3 is 5.97 Å². The molecule has 0 saturated carbocycles. The number of hydrogen-bond acceptors (Lipinski definition) is 7. The van der Waals surface area contributed by atoms with Gasteiger partial charge in [-0.15, -0.1) is 11.3 Å². The summed E-state index contributed by atoms with van der Waals surface area (Å²) in [5.74, 6) is 1.05. The van der Waals surface area contributed by atoms with Crippen LogP contribution in [0.2, 0.25) is 0 Å². The molecule has 0 atom stereocenters. The van der Waals surface area contributed by atoms with Crippen LogP contribution in [0.5, 0.6) is 17.2 Å². The average Bonchev–Trinajstić information content (AvgIpc) is 3.31. The van der Waals surface area contributed by atoms with Crippen LogP contribution in [0, 0.1) is 0 Å². The lowest BCUT2D eigenvalue weighted by Crippen LogP contribution is -2.35. The fraction of sp³-hybridized carbons (Fsp3) is 0.389. The van der Waals surface area contributed by atoms with Gasteiger partial charge in [-0.25, -0.2) is 8.42 Å². The standard InChI is InChI=1S/C18H19NO6S2/c20-17(25-13-4-6-15-16(10-13)24-12-23-15)11-14-5-7-18(26-14)27(21,22)19-8-2-1-3-9-19/h4-7,10H,1-3,8-9,11-12H2. The molecule has 0 bridgehead atoms. The second-order valence-corrected chi connectivity index (χ2v) is 9.68. The lowest BCUT2D eigenvalue weighted by atomic mass is 10.2. The lowest BCUT2D eigenvalue weighted by molar-refractivity contribution is -0.133. The second kappa shape index (κ2) is 7.49. The molecule has 1 saturated heterocycles. The number of carbonyl (C=O) groups excluding carboxylic acids is 1. The molecule has 2 aromatic rings. The molecule has 0 N–H and O–H groups in total. The maximum atomic E-state index is 12.7. The van der Waals surface area contributed by atoms with Crippen molar-refractivity contribution in [2.24, 2.45) is 0 Å². The number of nitrogens with zero attached hydrogens (tertiary/aromatic N) is 1. The highest BCUT2D eigenvalue weighted by molar-refractivity contribution is 7.91. The SMILES string of the molecule is O=C(Cc1ccc(S(=O)(=O)N2CCCCC2)s1)Oc1ccc2c(c1)OCO2. The number of thiophene rings is 1. The Labute approximate surface area is 161 Å². The van der Waals surface area contributed by atoms with Gasteiger partial charge in [0.05, 0.1) is 6.42 Å². The van der Waals surface area contributed by atoms with Crippen molar-refractivity contribution in [1.82, 2.24) is 4.31 Å². The lowest BCUT2D eigenvalue weighted by Gasteiger charge is -2.25. The Balaban J connectivity index is 1.40. The molecular formula is C18H19NO6S2. The van der Waals surface area contributed by atoms with Gasteiger partial charge in [0.15, 0.2) is 11.5 Å².